The summed E-state index contributed by atoms with van der Waals surface area (Å²) < 4.78 is 1.98. The highest BCUT2D eigenvalue weighted by Crippen LogP contribution is 2.20. The molecule has 1 fully saturated rings. The van der Waals surface area contributed by atoms with Gasteiger partial charge in [-0.3, -0.25) is 0 Å². The number of likely N-dealkylation sites (tertiary alicyclic amines) is 1. The fourth-order valence-electron chi connectivity index (χ4n) is 4.04. The Labute approximate surface area is 161 Å². The molecule has 5 heteroatoms. The van der Waals surface area contributed by atoms with Crippen molar-refractivity contribution in [3.63, 3.8) is 0 Å². The van der Waals surface area contributed by atoms with E-state index < -0.39 is 0 Å². The van der Waals surface area contributed by atoms with Gasteiger partial charge in [-0.15, -0.1) is 5.10 Å². The summed E-state index contributed by atoms with van der Waals surface area (Å²) in [7, 11) is 0. The molecule has 0 spiro atoms. The van der Waals surface area contributed by atoms with Crippen molar-refractivity contribution >= 4 is 0 Å². The Balaban J connectivity index is 1.69. The highest BCUT2D eigenvalue weighted by Gasteiger charge is 2.33. The molecule has 1 saturated heterocycles. The van der Waals surface area contributed by atoms with Crippen LogP contribution < -0.4 is 4.90 Å². The SMILES string of the molecule is Cc1ccc([C@H](c2nnnn2Cc2ccccc2)[NH+]2CCC(C)CC2)cc1. The number of nitrogens with one attached hydrogen (secondary N) is 1. The molecule has 5 nitrogen and oxygen atoms in total. The van der Waals surface area contributed by atoms with Crippen molar-refractivity contribution in [2.24, 2.45) is 5.92 Å². The van der Waals surface area contributed by atoms with Crippen LogP contribution in [0, 0.1) is 12.8 Å². The van der Waals surface area contributed by atoms with Crippen molar-refractivity contribution in [1.29, 1.82) is 0 Å². The smallest absolute Gasteiger partial charge is 0.214 e. The molecule has 3 aromatic rings. The summed E-state index contributed by atoms with van der Waals surface area (Å²) in [5, 5.41) is 12.9. The summed E-state index contributed by atoms with van der Waals surface area (Å²) >= 11 is 0. The maximum absolute atomic E-state index is 4.49. The van der Waals surface area contributed by atoms with Crippen molar-refractivity contribution in [2.45, 2.75) is 39.3 Å². The van der Waals surface area contributed by atoms with E-state index in [4.69, 9.17) is 0 Å². The lowest BCUT2D eigenvalue weighted by molar-refractivity contribution is -0.932. The van der Waals surface area contributed by atoms with Gasteiger partial charge in [0.2, 0.25) is 5.82 Å². The van der Waals surface area contributed by atoms with Gasteiger partial charge in [0.05, 0.1) is 19.6 Å². The minimum atomic E-state index is 0.178. The Hall–Kier alpha value is -2.53. The Kier molecular flexibility index (Phi) is 5.30. The zero-order valence-electron chi connectivity index (χ0n) is 16.2. The van der Waals surface area contributed by atoms with Gasteiger partial charge in [0, 0.05) is 5.56 Å². The summed E-state index contributed by atoms with van der Waals surface area (Å²) in [6, 6.07) is 19.5. The zero-order valence-corrected chi connectivity index (χ0v) is 16.2. The van der Waals surface area contributed by atoms with Gasteiger partial charge in [-0.05, 0) is 41.7 Å². The van der Waals surface area contributed by atoms with Gasteiger partial charge in [0.15, 0.2) is 6.04 Å². The summed E-state index contributed by atoms with van der Waals surface area (Å²) in [5.41, 5.74) is 3.80. The highest BCUT2D eigenvalue weighted by atomic mass is 15.5. The lowest BCUT2D eigenvalue weighted by Crippen LogP contribution is -3.13. The maximum atomic E-state index is 4.49. The lowest BCUT2D eigenvalue weighted by atomic mass is 9.95. The van der Waals surface area contributed by atoms with E-state index in [0.29, 0.717) is 6.54 Å². The van der Waals surface area contributed by atoms with Crippen LogP contribution in [0.25, 0.3) is 0 Å². The number of tetrazole rings is 1. The van der Waals surface area contributed by atoms with Crippen LogP contribution in [0.4, 0.5) is 0 Å². The largest absolute Gasteiger partial charge is 0.322 e. The van der Waals surface area contributed by atoms with Crippen LogP contribution in [0.3, 0.4) is 0 Å². The van der Waals surface area contributed by atoms with Gasteiger partial charge < -0.3 is 4.90 Å². The molecule has 1 aromatic heterocycles. The first-order valence-corrected chi connectivity index (χ1v) is 9.92. The molecule has 1 aliphatic rings. The van der Waals surface area contributed by atoms with E-state index >= 15 is 0 Å². The lowest BCUT2D eigenvalue weighted by Gasteiger charge is -2.33. The molecule has 27 heavy (non-hydrogen) atoms. The highest BCUT2D eigenvalue weighted by molar-refractivity contribution is 5.26. The Morgan fingerprint density at radius 1 is 1.04 bits per heavy atom. The second kappa shape index (κ2) is 8.01. The third kappa shape index (κ3) is 4.08. The van der Waals surface area contributed by atoms with Crippen molar-refractivity contribution in [2.75, 3.05) is 13.1 Å². The fraction of sp³-hybridized carbons (Fsp3) is 0.409. The second-order valence-electron chi connectivity index (χ2n) is 7.86. The fourth-order valence-corrected chi connectivity index (χ4v) is 4.04. The predicted molar refractivity (Wildman–Crippen MR) is 105 cm³/mol. The first kappa shape index (κ1) is 17.9. The van der Waals surface area contributed by atoms with Crippen LogP contribution in [-0.2, 0) is 6.54 Å². The van der Waals surface area contributed by atoms with Crippen molar-refractivity contribution < 1.29 is 4.90 Å². The van der Waals surface area contributed by atoms with Gasteiger partial charge in [0.1, 0.15) is 0 Å². The molecule has 0 amide bonds. The first-order chi connectivity index (χ1) is 13.2. The van der Waals surface area contributed by atoms with E-state index in [1.54, 1.807) is 4.90 Å². The molecule has 0 aliphatic carbocycles. The molecule has 0 saturated carbocycles. The molecule has 4 rings (SSSR count). The van der Waals surface area contributed by atoms with Crippen LogP contribution in [0.5, 0.6) is 0 Å². The predicted octanol–water partition coefficient (Wildman–Crippen LogP) is 2.43. The second-order valence-corrected chi connectivity index (χ2v) is 7.86. The number of nitrogens with zero attached hydrogens (tertiary/aromatic N) is 4. The van der Waals surface area contributed by atoms with Crippen LogP contribution >= 0.6 is 0 Å². The summed E-state index contributed by atoms with van der Waals surface area (Å²) in [4.78, 5) is 1.57. The monoisotopic (exact) mass is 362 g/mol. The van der Waals surface area contributed by atoms with Crippen LogP contribution in [0.2, 0.25) is 0 Å². The zero-order chi connectivity index (χ0) is 18.6. The normalized spacial score (nSPS) is 21.1. The van der Waals surface area contributed by atoms with Gasteiger partial charge in [0.25, 0.3) is 0 Å². The van der Waals surface area contributed by atoms with E-state index in [2.05, 4.69) is 77.9 Å². The van der Waals surface area contributed by atoms with Gasteiger partial charge in [-0.2, -0.15) is 0 Å². The Morgan fingerprint density at radius 3 is 2.44 bits per heavy atom. The average Bonchev–Trinajstić information content (AvgIpc) is 3.13. The van der Waals surface area contributed by atoms with Gasteiger partial charge in [-0.1, -0.05) is 67.1 Å². The topological polar surface area (TPSA) is 48.0 Å². The number of aromatic nitrogens is 4. The molecule has 140 valence electrons. The Bertz CT molecular complexity index is 848. The van der Waals surface area contributed by atoms with Crippen LogP contribution in [0.15, 0.2) is 54.6 Å². The standard InChI is InChI=1S/C22H27N5/c1-17-8-10-20(11-9-17)21(26-14-12-18(2)13-15-26)22-23-24-25-27(22)16-19-6-4-3-5-7-19/h3-11,18,21H,12-16H2,1-2H3/p+1/t21-/m1/s1. The minimum Gasteiger partial charge on any atom is -0.322 e. The molecule has 2 heterocycles. The van der Waals surface area contributed by atoms with E-state index in [9.17, 15) is 0 Å². The van der Waals surface area contributed by atoms with Crippen molar-refractivity contribution in [1.82, 2.24) is 20.2 Å². The van der Waals surface area contributed by atoms with Crippen LogP contribution in [-0.4, -0.2) is 33.3 Å². The summed E-state index contributed by atoms with van der Waals surface area (Å²) in [6.45, 7) is 7.52. The Morgan fingerprint density at radius 2 is 1.74 bits per heavy atom. The number of benzene rings is 2. The van der Waals surface area contributed by atoms with E-state index in [1.807, 2.05) is 10.7 Å². The molecule has 1 aliphatic heterocycles. The molecule has 0 radical (unpaired) electrons. The van der Waals surface area contributed by atoms with Crippen LogP contribution in [0.1, 0.15) is 48.3 Å². The molecule has 1 atom stereocenters. The number of quaternary nitrogens is 1. The molecule has 1 N–H and O–H groups in total. The van der Waals surface area contributed by atoms with E-state index in [1.165, 1.54) is 29.5 Å². The number of aryl methyl sites for hydroxylation is 1. The molecular formula is C22H28N5+. The molecular weight excluding hydrogens is 334 g/mol. The van der Waals surface area contributed by atoms with Crippen molar-refractivity contribution in [3.8, 4) is 0 Å². The third-order valence-corrected chi connectivity index (χ3v) is 5.73. The summed E-state index contributed by atoms with van der Waals surface area (Å²) in [5.74, 6) is 1.78. The number of piperidine rings is 1. The molecule has 2 aromatic carbocycles. The molecule has 0 bridgehead atoms. The number of rotatable bonds is 5. The van der Waals surface area contributed by atoms with Gasteiger partial charge in [-0.25, -0.2) is 4.68 Å². The maximum Gasteiger partial charge on any atom is 0.214 e. The average molecular weight is 363 g/mol. The summed E-state index contributed by atoms with van der Waals surface area (Å²) in [6.07, 6.45) is 2.52. The quantitative estimate of drug-likeness (QED) is 0.758. The molecule has 0 unspecified atom stereocenters. The number of hydrogen-bond acceptors (Lipinski definition) is 3. The van der Waals surface area contributed by atoms with Gasteiger partial charge >= 0.3 is 0 Å². The minimum absolute atomic E-state index is 0.178. The third-order valence-electron chi connectivity index (χ3n) is 5.73. The van der Waals surface area contributed by atoms with E-state index in [-0.39, 0.29) is 6.04 Å². The number of hydrogen-bond donors (Lipinski definition) is 1. The van der Waals surface area contributed by atoms with Crippen molar-refractivity contribution in [3.05, 3.63) is 77.1 Å². The van der Waals surface area contributed by atoms with E-state index in [0.717, 1.165) is 24.8 Å². The first-order valence-electron chi connectivity index (χ1n) is 9.92.